The molecule has 0 bridgehead atoms. The van der Waals surface area contributed by atoms with Gasteiger partial charge in [-0.1, -0.05) is 26.2 Å². The second kappa shape index (κ2) is 3.76. The number of fused-ring (bicyclic) bond motifs is 1. The molecule has 1 fully saturated rings. The Morgan fingerprint density at radius 1 is 1.24 bits per heavy atom. The van der Waals surface area contributed by atoms with Crippen molar-refractivity contribution < 1.29 is 4.42 Å². The first kappa shape index (κ1) is 10.6. The smallest absolute Gasteiger partial charge is 0.201 e. The minimum absolute atomic E-state index is 0.117. The van der Waals surface area contributed by atoms with Crippen molar-refractivity contribution in [3.05, 3.63) is 24.1 Å². The quantitative estimate of drug-likeness (QED) is 0.761. The molecule has 0 saturated heterocycles. The van der Waals surface area contributed by atoms with Crippen LogP contribution in [0.5, 0.6) is 0 Å². The SMILES string of the molecule is CC1(c2nc3ccc(N)cc3o2)CCCCC1. The van der Waals surface area contributed by atoms with Crippen molar-refractivity contribution in [1.29, 1.82) is 0 Å². The summed E-state index contributed by atoms with van der Waals surface area (Å²) in [5.41, 5.74) is 8.33. The van der Waals surface area contributed by atoms with E-state index in [4.69, 9.17) is 10.2 Å². The van der Waals surface area contributed by atoms with E-state index in [0.29, 0.717) is 0 Å². The summed E-state index contributed by atoms with van der Waals surface area (Å²) in [6.07, 6.45) is 6.24. The van der Waals surface area contributed by atoms with Crippen LogP contribution >= 0.6 is 0 Å². The van der Waals surface area contributed by atoms with Gasteiger partial charge in [-0.3, -0.25) is 0 Å². The van der Waals surface area contributed by atoms with E-state index in [1.807, 2.05) is 18.2 Å². The van der Waals surface area contributed by atoms with Crippen LogP contribution in [0.1, 0.15) is 44.9 Å². The van der Waals surface area contributed by atoms with Crippen molar-refractivity contribution in [2.45, 2.75) is 44.4 Å². The Morgan fingerprint density at radius 3 is 2.76 bits per heavy atom. The Morgan fingerprint density at radius 2 is 2.00 bits per heavy atom. The van der Waals surface area contributed by atoms with E-state index in [1.54, 1.807) is 0 Å². The first-order valence-corrected chi connectivity index (χ1v) is 6.34. The van der Waals surface area contributed by atoms with Gasteiger partial charge in [-0.15, -0.1) is 0 Å². The van der Waals surface area contributed by atoms with Gasteiger partial charge in [0.25, 0.3) is 0 Å². The second-order valence-corrected chi connectivity index (χ2v) is 5.37. The van der Waals surface area contributed by atoms with Crippen molar-refractivity contribution in [2.24, 2.45) is 0 Å². The van der Waals surface area contributed by atoms with Crippen molar-refractivity contribution in [1.82, 2.24) is 4.98 Å². The van der Waals surface area contributed by atoms with E-state index in [9.17, 15) is 0 Å². The van der Waals surface area contributed by atoms with Gasteiger partial charge < -0.3 is 10.2 Å². The summed E-state index contributed by atoms with van der Waals surface area (Å²) in [7, 11) is 0. The molecular formula is C14H18N2O. The number of rotatable bonds is 1. The number of nitrogen functional groups attached to an aromatic ring is 1. The molecule has 2 aromatic rings. The molecule has 0 radical (unpaired) electrons. The van der Waals surface area contributed by atoms with E-state index in [-0.39, 0.29) is 5.41 Å². The molecule has 0 unspecified atom stereocenters. The molecule has 0 aliphatic heterocycles. The number of aromatic nitrogens is 1. The van der Waals surface area contributed by atoms with E-state index in [2.05, 4.69) is 11.9 Å². The number of benzene rings is 1. The van der Waals surface area contributed by atoms with E-state index < -0.39 is 0 Å². The third-order valence-corrected chi connectivity index (χ3v) is 3.89. The highest BCUT2D eigenvalue weighted by molar-refractivity contribution is 5.76. The molecular weight excluding hydrogens is 212 g/mol. The summed E-state index contributed by atoms with van der Waals surface area (Å²) >= 11 is 0. The van der Waals surface area contributed by atoms with E-state index in [0.717, 1.165) is 22.7 Å². The Hall–Kier alpha value is -1.51. The third-order valence-electron chi connectivity index (χ3n) is 3.89. The molecule has 1 aromatic carbocycles. The summed E-state index contributed by atoms with van der Waals surface area (Å²) < 4.78 is 5.90. The van der Waals surface area contributed by atoms with Crippen molar-refractivity contribution in [3.63, 3.8) is 0 Å². The lowest BCUT2D eigenvalue weighted by Crippen LogP contribution is -2.25. The number of hydrogen-bond acceptors (Lipinski definition) is 3. The Kier molecular flexibility index (Phi) is 2.35. The maximum Gasteiger partial charge on any atom is 0.201 e. The molecule has 2 N–H and O–H groups in total. The van der Waals surface area contributed by atoms with Crippen molar-refractivity contribution >= 4 is 16.8 Å². The van der Waals surface area contributed by atoms with Gasteiger partial charge in [-0.2, -0.15) is 0 Å². The summed E-state index contributed by atoms with van der Waals surface area (Å²) in [6.45, 7) is 2.26. The molecule has 3 heteroatoms. The number of anilines is 1. The molecule has 1 aliphatic rings. The molecule has 0 spiro atoms. The fourth-order valence-corrected chi connectivity index (χ4v) is 2.75. The minimum Gasteiger partial charge on any atom is -0.440 e. The monoisotopic (exact) mass is 230 g/mol. The van der Waals surface area contributed by atoms with Crippen LogP contribution in [0.3, 0.4) is 0 Å². The molecule has 17 heavy (non-hydrogen) atoms. The van der Waals surface area contributed by atoms with Gasteiger partial charge in [-0.25, -0.2) is 4.98 Å². The van der Waals surface area contributed by atoms with Gasteiger partial charge in [0.15, 0.2) is 5.58 Å². The molecule has 3 nitrogen and oxygen atoms in total. The minimum atomic E-state index is 0.117. The van der Waals surface area contributed by atoms with Crippen LogP contribution in [0.25, 0.3) is 11.1 Å². The maximum absolute atomic E-state index is 5.90. The van der Waals surface area contributed by atoms with Gasteiger partial charge >= 0.3 is 0 Å². The van der Waals surface area contributed by atoms with Crippen LogP contribution in [-0.4, -0.2) is 4.98 Å². The molecule has 0 amide bonds. The first-order valence-electron chi connectivity index (χ1n) is 6.34. The van der Waals surface area contributed by atoms with Crippen LogP contribution < -0.4 is 5.73 Å². The molecule has 3 rings (SSSR count). The Labute approximate surface area is 101 Å². The zero-order chi connectivity index (χ0) is 11.9. The second-order valence-electron chi connectivity index (χ2n) is 5.37. The predicted octanol–water partition coefficient (Wildman–Crippen LogP) is 3.63. The van der Waals surface area contributed by atoms with Crippen LogP contribution in [0.15, 0.2) is 22.6 Å². The van der Waals surface area contributed by atoms with Crippen LogP contribution in [0.4, 0.5) is 5.69 Å². The largest absolute Gasteiger partial charge is 0.440 e. The average Bonchev–Trinajstić information content (AvgIpc) is 2.73. The van der Waals surface area contributed by atoms with Crippen LogP contribution in [0, 0.1) is 0 Å². The van der Waals surface area contributed by atoms with Crippen molar-refractivity contribution in [3.8, 4) is 0 Å². The van der Waals surface area contributed by atoms with Gasteiger partial charge in [0, 0.05) is 17.2 Å². The first-order chi connectivity index (χ1) is 8.17. The Bertz CT molecular complexity index is 538. The molecule has 1 aromatic heterocycles. The highest BCUT2D eigenvalue weighted by Gasteiger charge is 2.33. The zero-order valence-electron chi connectivity index (χ0n) is 10.2. The predicted molar refractivity (Wildman–Crippen MR) is 68.9 cm³/mol. The molecule has 1 saturated carbocycles. The van der Waals surface area contributed by atoms with Gasteiger partial charge in [0.1, 0.15) is 5.52 Å². The van der Waals surface area contributed by atoms with E-state index in [1.165, 1.54) is 32.1 Å². The fourth-order valence-electron chi connectivity index (χ4n) is 2.75. The highest BCUT2D eigenvalue weighted by Crippen LogP contribution is 2.39. The van der Waals surface area contributed by atoms with Crippen molar-refractivity contribution in [2.75, 3.05) is 5.73 Å². The lowest BCUT2D eigenvalue weighted by molar-refractivity contribution is 0.263. The lowest BCUT2D eigenvalue weighted by Gasteiger charge is -2.30. The summed E-state index contributed by atoms with van der Waals surface area (Å²) in [5.74, 6) is 0.887. The number of hydrogen-bond donors (Lipinski definition) is 1. The number of nitrogens with zero attached hydrogens (tertiary/aromatic N) is 1. The maximum atomic E-state index is 5.90. The molecule has 0 atom stereocenters. The van der Waals surface area contributed by atoms with Gasteiger partial charge in [-0.05, 0) is 25.0 Å². The highest BCUT2D eigenvalue weighted by atomic mass is 16.3. The summed E-state index contributed by atoms with van der Waals surface area (Å²) in [4.78, 5) is 4.63. The Balaban J connectivity index is 2.05. The number of oxazole rings is 1. The van der Waals surface area contributed by atoms with Crippen LogP contribution in [0.2, 0.25) is 0 Å². The summed E-state index contributed by atoms with van der Waals surface area (Å²) in [6, 6.07) is 5.67. The lowest BCUT2D eigenvalue weighted by atomic mass is 9.76. The normalized spacial score (nSPS) is 19.6. The fraction of sp³-hybridized carbons (Fsp3) is 0.500. The third kappa shape index (κ3) is 1.79. The van der Waals surface area contributed by atoms with Crippen LogP contribution in [-0.2, 0) is 5.41 Å². The summed E-state index contributed by atoms with van der Waals surface area (Å²) in [5, 5.41) is 0. The molecule has 1 aliphatic carbocycles. The molecule has 90 valence electrons. The standard InChI is InChI=1S/C14H18N2O/c1-14(7-3-2-4-8-14)13-16-11-6-5-10(15)9-12(11)17-13/h5-6,9H,2-4,7-8,15H2,1H3. The van der Waals surface area contributed by atoms with E-state index >= 15 is 0 Å². The van der Waals surface area contributed by atoms with Gasteiger partial charge in [0.2, 0.25) is 5.89 Å². The zero-order valence-corrected chi connectivity index (χ0v) is 10.2. The molecule has 1 heterocycles. The average molecular weight is 230 g/mol. The van der Waals surface area contributed by atoms with Gasteiger partial charge in [0.05, 0.1) is 0 Å². The number of nitrogens with two attached hydrogens (primary N) is 1. The topological polar surface area (TPSA) is 52.0 Å².